The summed E-state index contributed by atoms with van der Waals surface area (Å²) >= 11 is 0. The Morgan fingerprint density at radius 2 is 0.857 bits per heavy atom. The van der Waals surface area contributed by atoms with E-state index < -0.39 is 9.05 Å². The van der Waals surface area contributed by atoms with Crippen LogP contribution in [0, 0.1) is 0 Å². The quantitative estimate of drug-likeness (QED) is 0.368. The molecule has 0 aliphatic rings. The van der Waals surface area contributed by atoms with E-state index in [1.165, 1.54) is 0 Å². The molecule has 1 radical (unpaired) electrons. The van der Waals surface area contributed by atoms with Gasteiger partial charge in [-0.2, -0.15) is 0 Å². The van der Waals surface area contributed by atoms with Crippen molar-refractivity contribution in [3.8, 4) is 0 Å². The van der Waals surface area contributed by atoms with Crippen LogP contribution >= 0.6 is 0 Å². The first-order valence-electron chi connectivity index (χ1n) is 0.816. The molecule has 7 heavy (non-hydrogen) atoms. The summed E-state index contributed by atoms with van der Waals surface area (Å²) in [7, 11) is -5.61. The van der Waals surface area contributed by atoms with Gasteiger partial charge in [0.15, 0.2) is 0 Å². The molecular weight excluding hydrogens is 203 g/mol. The monoisotopic (exact) mass is 203 g/mol. The van der Waals surface area contributed by atoms with Crippen molar-refractivity contribution in [3.63, 3.8) is 0 Å². The van der Waals surface area contributed by atoms with Gasteiger partial charge >= 0.3 is 34.1 Å². The van der Waals surface area contributed by atoms with Gasteiger partial charge in [0.1, 0.15) is 0 Å². The second-order valence-electron chi connectivity index (χ2n) is 0.500. The minimum atomic E-state index is -5.61. The van der Waals surface area contributed by atoms with E-state index in [-0.39, 0.29) is 34.1 Å². The Balaban J connectivity index is -0.0000000800. The van der Waals surface area contributed by atoms with E-state index in [1.54, 1.807) is 0 Å². The average molecular weight is 203 g/mol. The summed E-state index contributed by atoms with van der Waals surface area (Å²) in [6, 6.07) is 0. The van der Waals surface area contributed by atoms with Crippen molar-refractivity contribution in [3.05, 3.63) is 0 Å². The molecule has 0 heterocycles. The van der Waals surface area contributed by atoms with Gasteiger partial charge in [-0.1, -0.05) is 0 Å². The molecule has 0 rings (SSSR count). The zero-order valence-electron chi connectivity index (χ0n) is 2.86. The van der Waals surface area contributed by atoms with Crippen LogP contribution in [0.3, 0.4) is 0 Å². The van der Waals surface area contributed by atoms with E-state index in [4.69, 9.17) is 19.2 Å². The van der Waals surface area contributed by atoms with Crippen LogP contribution < -0.4 is 19.2 Å². The Morgan fingerprint density at radius 3 is 0.857 bits per heavy atom. The maximum absolute atomic E-state index is 8.58. The molecule has 0 saturated carbocycles. The standard InChI is InChI=1S/Fe.Mn.O4Si/c;;1-5(2,3)4/q2*+2;-4. The van der Waals surface area contributed by atoms with Crippen LogP contribution in [0.15, 0.2) is 0 Å². The van der Waals surface area contributed by atoms with Gasteiger partial charge in [0, 0.05) is 0 Å². The zero-order chi connectivity index (χ0) is 4.50. The molecule has 7 heteroatoms. The van der Waals surface area contributed by atoms with E-state index >= 15 is 0 Å². The minimum absolute atomic E-state index is 0. The summed E-state index contributed by atoms with van der Waals surface area (Å²) in [6.45, 7) is 0. The Bertz CT molecular complexity index is 27.2. The Labute approximate surface area is 62.6 Å². The first kappa shape index (κ1) is 15.7. The maximum Gasteiger partial charge on any atom is 2.00 e. The molecule has 0 aromatic heterocycles. The number of rotatable bonds is 0. The third kappa shape index (κ3) is 153. The SMILES string of the molecule is [Fe+2].[Mn+2].[O-][Si]([O-])([O-])[O-]. The Morgan fingerprint density at radius 1 is 0.857 bits per heavy atom. The van der Waals surface area contributed by atoms with E-state index in [1.807, 2.05) is 0 Å². The molecule has 0 saturated heterocycles. The van der Waals surface area contributed by atoms with Gasteiger partial charge in [0.25, 0.3) is 0 Å². The fraction of sp³-hybridized carbons (Fsp3) is 0. The first-order valence-corrected chi connectivity index (χ1v) is 2.45. The molecule has 0 N–H and O–H groups in total. The molecule has 0 aromatic rings. The fourth-order valence-electron chi connectivity index (χ4n) is 0. The molecule has 0 fully saturated rings. The third-order valence-electron chi connectivity index (χ3n) is 0. The van der Waals surface area contributed by atoms with Crippen molar-refractivity contribution >= 4 is 9.05 Å². The van der Waals surface area contributed by atoms with Crippen LogP contribution in [0.1, 0.15) is 0 Å². The summed E-state index contributed by atoms with van der Waals surface area (Å²) in [5.74, 6) is 0. The maximum atomic E-state index is 8.58. The van der Waals surface area contributed by atoms with Crippen molar-refractivity contribution in [1.82, 2.24) is 0 Å². The van der Waals surface area contributed by atoms with Gasteiger partial charge in [-0.3, -0.25) is 0 Å². The van der Waals surface area contributed by atoms with Crippen LogP contribution in [-0.4, -0.2) is 9.05 Å². The smallest absolute Gasteiger partial charge is 0.894 e. The molecule has 0 unspecified atom stereocenters. The van der Waals surface area contributed by atoms with E-state index in [9.17, 15) is 0 Å². The summed E-state index contributed by atoms with van der Waals surface area (Å²) in [5.41, 5.74) is 0. The molecule has 0 spiro atoms. The molecule has 43 valence electrons. The number of hydrogen-bond donors (Lipinski definition) is 0. The zero-order valence-corrected chi connectivity index (χ0v) is 6.15. The Kier molecular flexibility index (Phi) is 11.7. The normalized spacial score (nSPS) is 8.57. The van der Waals surface area contributed by atoms with Gasteiger partial charge in [-0.25, -0.2) is 0 Å². The molecule has 0 amide bonds. The second-order valence-corrected chi connectivity index (χ2v) is 1.50. The topological polar surface area (TPSA) is 92.2 Å². The predicted octanol–water partition coefficient (Wildman–Crippen LogP) is -5.14. The van der Waals surface area contributed by atoms with E-state index in [2.05, 4.69) is 0 Å². The average Bonchev–Trinajstić information content (AvgIpc) is 0.722. The van der Waals surface area contributed by atoms with Crippen molar-refractivity contribution in [2.75, 3.05) is 0 Å². The molecular formula is FeMnO4Si. The summed E-state index contributed by atoms with van der Waals surface area (Å²) in [5, 5.41) is 0. The molecule has 0 atom stereocenters. The van der Waals surface area contributed by atoms with Crippen molar-refractivity contribution in [2.24, 2.45) is 0 Å². The van der Waals surface area contributed by atoms with Gasteiger partial charge < -0.3 is 28.2 Å². The van der Waals surface area contributed by atoms with Gasteiger partial charge in [-0.05, 0) is 0 Å². The molecule has 0 aromatic carbocycles. The van der Waals surface area contributed by atoms with Gasteiger partial charge in [-0.15, -0.1) is 0 Å². The number of hydrogen-bond acceptors (Lipinski definition) is 4. The molecule has 0 aliphatic heterocycles. The summed E-state index contributed by atoms with van der Waals surface area (Å²) in [4.78, 5) is 34.3. The van der Waals surface area contributed by atoms with Crippen LogP contribution in [0.2, 0.25) is 0 Å². The second kappa shape index (κ2) is 5.24. The summed E-state index contributed by atoms with van der Waals surface area (Å²) in [6.07, 6.45) is 0. The van der Waals surface area contributed by atoms with Crippen molar-refractivity contribution in [2.45, 2.75) is 0 Å². The minimum Gasteiger partial charge on any atom is -0.894 e. The Hall–Kier alpha value is 1.10. The van der Waals surface area contributed by atoms with Crippen molar-refractivity contribution in [1.29, 1.82) is 0 Å². The molecule has 0 aliphatic carbocycles. The van der Waals surface area contributed by atoms with E-state index in [0.29, 0.717) is 0 Å². The van der Waals surface area contributed by atoms with Crippen molar-refractivity contribution < 1.29 is 53.3 Å². The third-order valence-corrected chi connectivity index (χ3v) is 0. The van der Waals surface area contributed by atoms with Crippen LogP contribution in [0.4, 0.5) is 0 Å². The van der Waals surface area contributed by atoms with Crippen LogP contribution in [0.5, 0.6) is 0 Å². The van der Waals surface area contributed by atoms with Crippen LogP contribution in [-0.2, 0) is 34.1 Å². The van der Waals surface area contributed by atoms with Gasteiger partial charge in [0.05, 0.1) is 0 Å². The fourth-order valence-corrected chi connectivity index (χ4v) is 0. The largest absolute Gasteiger partial charge is 2.00 e. The first-order chi connectivity index (χ1) is 2.00. The predicted molar refractivity (Wildman–Crippen MR) is 5.75 cm³/mol. The van der Waals surface area contributed by atoms with Crippen LogP contribution in [0.25, 0.3) is 0 Å². The molecule has 4 nitrogen and oxygen atoms in total. The molecule has 0 bridgehead atoms. The van der Waals surface area contributed by atoms with E-state index in [0.717, 1.165) is 0 Å². The summed E-state index contributed by atoms with van der Waals surface area (Å²) < 4.78 is 0. The van der Waals surface area contributed by atoms with Gasteiger partial charge in [0.2, 0.25) is 0 Å².